The Morgan fingerprint density at radius 3 is 2.67 bits per heavy atom. The third-order valence-corrected chi connectivity index (χ3v) is 5.87. The molecule has 0 radical (unpaired) electrons. The molecule has 1 aliphatic rings. The Morgan fingerprint density at radius 1 is 1.10 bits per heavy atom. The molecule has 156 valence electrons. The summed E-state index contributed by atoms with van der Waals surface area (Å²) in [6, 6.07) is 15.4. The predicted molar refractivity (Wildman–Crippen MR) is 117 cm³/mol. The zero-order chi connectivity index (χ0) is 21.1. The lowest BCUT2D eigenvalue weighted by Crippen LogP contribution is -2.57. The van der Waals surface area contributed by atoms with Gasteiger partial charge in [0.2, 0.25) is 5.91 Å². The van der Waals surface area contributed by atoms with Gasteiger partial charge in [-0.3, -0.25) is 9.59 Å². The van der Waals surface area contributed by atoms with Crippen LogP contribution in [0.4, 0.5) is 0 Å². The monoisotopic (exact) mass is 405 g/mol. The summed E-state index contributed by atoms with van der Waals surface area (Å²) >= 11 is 0. The number of fused-ring (bicyclic) bond motifs is 1. The maximum Gasteiger partial charge on any atom is 0.258 e. The van der Waals surface area contributed by atoms with E-state index in [-0.39, 0.29) is 17.9 Å². The second kappa shape index (κ2) is 8.61. The highest BCUT2D eigenvalue weighted by atomic mass is 16.5. The molecular formula is C24H27N3O3. The van der Waals surface area contributed by atoms with Gasteiger partial charge in [-0.25, -0.2) is 0 Å². The summed E-state index contributed by atoms with van der Waals surface area (Å²) < 4.78 is 5.42. The van der Waals surface area contributed by atoms with Crippen molar-refractivity contribution in [3.8, 4) is 5.75 Å². The Morgan fingerprint density at radius 2 is 1.87 bits per heavy atom. The van der Waals surface area contributed by atoms with Crippen molar-refractivity contribution in [2.45, 2.75) is 25.8 Å². The second-order valence-corrected chi connectivity index (χ2v) is 7.61. The van der Waals surface area contributed by atoms with E-state index >= 15 is 0 Å². The third-order valence-electron chi connectivity index (χ3n) is 5.87. The average Bonchev–Trinajstić information content (AvgIpc) is 3.20. The van der Waals surface area contributed by atoms with Crippen LogP contribution in [0.1, 0.15) is 29.3 Å². The number of piperazine rings is 1. The summed E-state index contributed by atoms with van der Waals surface area (Å²) in [5.41, 5.74) is 2.78. The van der Waals surface area contributed by atoms with Crippen LogP contribution in [0.2, 0.25) is 0 Å². The fourth-order valence-electron chi connectivity index (χ4n) is 4.28. The van der Waals surface area contributed by atoms with E-state index < -0.39 is 0 Å². The topological polar surface area (TPSA) is 65.6 Å². The second-order valence-electron chi connectivity index (χ2n) is 7.61. The maximum atomic E-state index is 13.5. The van der Waals surface area contributed by atoms with E-state index in [2.05, 4.69) is 11.1 Å². The van der Waals surface area contributed by atoms with Gasteiger partial charge in [0, 0.05) is 43.2 Å². The van der Waals surface area contributed by atoms with Crippen LogP contribution in [-0.4, -0.2) is 59.4 Å². The smallest absolute Gasteiger partial charge is 0.258 e. The fourth-order valence-corrected chi connectivity index (χ4v) is 4.28. The van der Waals surface area contributed by atoms with Crippen LogP contribution in [-0.2, 0) is 11.2 Å². The van der Waals surface area contributed by atoms with Gasteiger partial charge in [-0.15, -0.1) is 0 Å². The minimum absolute atomic E-state index is 0.0547. The minimum Gasteiger partial charge on any atom is -0.496 e. The van der Waals surface area contributed by atoms with Crippen LogP contribution < -0.4 is 4.74 Å². The summed E-state index contributed by atoms with van der Waals surface area (Å²) in [6.45, 7) is 3.48. The highest BCUT2D eigenvalue weighted by molar-refractivity contribution is 5.97. The van der Waals surface area contributed by atoms with Crippen LogP contribution >= 0.6 is 0 Å². The van der Waals surface area contributed by atoms with E-state index in [1.54, 1.807) is 19.2 Å². The van der Waals surface area contributed by atoms with Crippen molar-refractivity contribution in [3.05, 3.63) is 65.9 Å². The number of H-pyrrole nitrogens is 1. The number of benzene rings is 2. The van der Waals surface area contributed by atoms with Gasteiger partial charge >= 0.3 is 0 Å². The number of carbonyl (C=O) groups is 2. The lowest BCUT2D eigenvalue weighted by molar-refractivity contribution is -0.133. The molecule has 6 nitrogen and oxygen atoms in total. The number of para-hydroxylation sites is 2. The van der Waals surface area contributed by atoms with Crippen molar-refractivity contribution in [1.29, 1.82) is 0 Å². The molecule has 1 saturated heterocycles. The van der Waals surface area contributed by atoms with Gasteiger partial charge in [0.05, 0.1) is 18.7 Å². The first-order chi connectivity index (χ1) is 14.6. The number of nitrogens with one attached hydrogen (secondary N) is 1. The van der Waals surface area contributed by atoms with E-state index in [4.69, 9.17) is 4.74 Å². The molecule has 3 aromatic rings. The van der Waals surface area contributed by atoms with Crippen LogP contribution in [0, 0.1) is 0 Å². The van der Waals surface area contributed by atoms with Crippen LogP contribution in [0.15, 0.2) is 54.7 Å². The highest BCUT2D eigenvalue weighted by Crippen LogP contribution is 2.26. The van der Waals surface area contributed by atoms with E-state index in [0.717, 1.165) is 16.5 Å². The Bertz CT molecular complexity index is 1060. The number of rotatable bonds is 5. The van der Waals surface area contributed by atoms with Gasteiger partial charge in [-0.2, -0.15) is 0 Å². The van der Waals surface area contributed by atoms with Gasteiger partial charge in [0.25, 0.3) is 5.91 Å². The number of amides is 2. The van der Waals surface area contributed by atoms with Gasteiger partial charge in [0.1, 0.15) is 5.75 Å². The molecule has 0 bridgehead atoms. The molecule has 2 amide bonds. The predicted octanol–water partition coefficient (Wildman–Crippen LogP) is 3.48. The highest BCUT2D eigenvalue weighted by Gasteiger charge is 2.34. The summed E-state index contributed by atoms with van der Waals surface area (Å²) in [5, 5.41) is 1.15. The number of methoxy groups -OCH3 is 1. The number of nitrogens with zero attached hydrogens (tertiary/aromatic N) is 2. The lowest BCUT2D eigenvalue weighted by atomic mass is 10.00. The van der Waals surface area contributed by atoms with Crippen molar-refractivity contribution >= 4 is 22.7 Å². The lowest BCUT2D eigenvalue weighted by Gasteiger charge is -2.41. The first-order valence-electron chi connectivity index (χ1n) is 10.4. The molecule has 1 N–H and O–H groups in total. The van der Waals surface area contributed by atoms with Crippen LogP contribution in [0.3, 0.4) is 0 Å². The first kappa shape index (κ1) is 20.0. The van der Waals surface area contributed by atoms with Crippen LogP contribution in [0.5, 0.6) is 5.75 Å². The number of hydrogen-bond acceptors (Lipinski definition) is 3. The number of ether oxygens (including phenoxy) is 1. The number of aromatic nitrogens is 1. The van der Waals surface area contributed by atoms with E-state index in [9.17, 15) is 9.59 Å². The van der Waals surface area contributed by atoms with Crippen LogP contribution in [0.25, 0.3) is 10.9 Å². The summed E-state index contributed by atoms with van der Waals surface area (Å²) in [6.07, 6.45) is 3.16. The maximum absolute atomic E-state index is 13.5. The molecule has 0 saturated carbocycles. The van der Waals surface area contributed by atoms with Gasteiger partial charge in [0.15, 0.2) is 0 Å². The largest absolute Gasteiger partial charge is 0.496 e. The molecule has 1 fully saturated rings. The standard InChI is InChI=1S/C24H27N3O3/c1-3-23(28)26-12-13-27(24(29)20-9-5-7-11-22(20)30-2)18(16-26)14-17-15-25-21-10-6-4-8-19(17)21/h4-11,15,18,25H,3,12-14,16H2,1-2H3/t18-/m1/s1. The Hall–Kier alpha value is -3.28. The average molecular weight is 405 g/mol. The normalized spacial score (nSPS) is 16.7. The Balaban J connectivity index is 1.65. The molecule has 1 atom stereocenters. The molecular weight excluding hydrogens is 378 g/mol. The molecule has 4 rings (SSSR count). The number of aromatic amines is 1. The van der Waals surface area contributed by atoms with E-state index in [0.29, 0.717) is 43.8 Å². The molecule has 6 heteroatoms. The van der Waals surface area contributed by atoms with Crippen molar-refractivity contribution < 1.29 is 14.3 Å². The molecule has 0 unspecified atom stereocenters. The molecule has 2 aromatic carbocycles. The number of carbonyl (C=O) groups excluding carboxylic acids is 2. The summed E-state index contributed by atoms with van der Waals surface area (Å²) in [4.78, 5) is 32.9. The molecule has 0 aliphatic carbocycles. The summed E-state index contributed by atoms with van der Waals surface area (Å²) in [7, 11) is 1.58. The minimum atomic E-state index is -0.106. The fraction of sp³-hybridized carbons (Fsp3) is 0.333. The van der Waals surface area contributed by atoms with E-state index in [1.807, 2.05) is 53.3 Å². The van der Waals surface area contributed by atoms with Gasteiger partial charge in [-0.05, 0) is 30.2 Å². The summed E-state index contributed by atoms with van der Waals surface area (Å²) in [5.74, 6) is 0.643. The number of hydrogen-bond donors (Lipinski definition) is 1. The molecule has 0 spiro atoms. The SMILES string of the molecule is CCC(=O)N1CCN(C(=O)c2ccccc2OC)[C@H](Cc2c[nH]c3ccccc23)C1. The van der Waals surface area contributed by atoms with Crippen molar-refractivity contribution in [2.24, 2.45) is 0 Å². The zero-order valence-electron chi connectivity index (χ0n) is 17.4. The van der Waals surface area contributed by atoms with Crippen molar-refractivity contribution in [3.63, 3.8) is 0 Å². The quantitative estimate of drug-likeness (QED) is 0.707. The first-order valence-corrected chi connectivity index (χ1v) is 10.4. The van der Waals surface area contributed by atoms with Crippen molar-refractivity contribution in [1.82, 2.24) is 14.8 Å². The van der Waals surface area contributed by atoms with E-state index in [1.165, 1.54) is 0 Å². The van der Waals surface area contributed by atoms with Crippen molar-refractivity contribution in [2.75, 3.05) is 26.7 Å². The van der Waals surface area contributed by atoms with Gasteiger partial charge in [-0.1, -0.05) is 37.3 Å². The molecule has 1 aliphatic heterocycles. The molecule has 2 heterocycles. The Kier molecular flexibility index (Phi) is 5.74. The third kappa shape index (κ3) is 3.77. The Labute approximate surface area is 176 Å². The molecule has 30 heavy (non-hydrogen) atoms. The molecule has 1 aromatic heterocycles. The van der Waals surface area contributed by atoms with Gasteiger partial charge < -0.3 is 19.5 Å². The zero-order valence-corrected chi connectivity index (χ0v) is 17.4.